The van der Waals surface area contributed by atoms with Crippen LogP contribution < -0.4 is 5.32 Å². The van der Waals surface area contributed by atoms with Crippen LogP contribution in [0.2, 0.25) is 15.1 Å². The van der Waals surface area contributed by atoms with Crippen molar-refractivity contribution in [3.63, 3.8) is 0 Å². The Labute approximate surface area is 147 Å². The number of amides is 1. The van der Waals surface area contributed by atoms with Gasteiger partial charge in [-0.05, 0) is 26.0 Å². The van der Waals surface area contributed by atoms with E-state index in [9.17, 15) is 4.79 Å². The summed E-state index contributed by atoms with van der Waals surface area (Å²) in [5, 5.41) is 12.2. The third-order valence-electron chi connectivity index (χ3n) is 2.70. The number of thioether (sulfide) groups is 1. The maximum Gasteiger partial charge on any atom is 0.234 e. The molecule has 0 saturated heterocycles. The second-order valence-corrected chi connectivity index (χ2v) is 6.89. The zero-order valence-corrected chi connectivity index (χ0v) is 14.9. The molecule has 0 saturated carbocycles. The van der Waals surface area contributed by atoms with Crippen molar-refractivity contribution in [2.24, 2.45) is 0 Å². The Kier molecular flexibility index (Phi) is 5.97. The molecular weight excluding hydrogens is 367 g/mol. The summed E-state index contributed by atoms with van der Waals surface area (Å²) in [6.07, 6.45) is 1.64. The average molecular weight is 380 g/mol. The monoisotopic (exact) mass is 378 g/mol. The highest BCUT2D eigenvalue weighted by molar-refractivity contribution is 7.99. The molecule has 0 spiro atoms. The van der Waals surface area contributed by atoms with Gasteiger partial charge in [-0.15, -0.1) is 10.2 Å². The summed E-state index contributed by atoms with van der Waals surface area (Å²) in [5.41, 5.74) is 0.351. The Hall–Kier alpha value is -0.950. The Morgan fingerprint density at radius 3 is 2.55 bits per heavy atom. The van der Waals surface area contributed by atoms with Crippen LogP contribution in [0.4, 0.5) is 5.69 Å². The van der Waals surface area contributed by atoms with Crippen molar-refractivity contribution in [2.75, 3.05) is 11.1 Å². The molecule has 22 heavy (non-hydrogen) atoms. The van der Waals surface area contributed by atoms with Crippen LogP contribution in [0.3, 0.4) is 0 Å². The molecule has 1 N–H and O–H groups in total. The predicted octanol–water partition coefficient (Wildman–Crippen LogP) is 4.55. The van der Waals surface area contributed by atoms with Gasteiger partial charge in [0.1, 0.15) is 6.33 Å². The molecular formula is C13H13Cl3N4OS. The highest BCUT2D eigenvalue weighted by atomic mass is 35.5. The molecule has 1 aromatic carbocycles. The van der Waals surface area contributed by atoms with Crippen LogP contribution in [0.5, 0.6) is 0 Å². The van der Waals surface area contributed by atoms with Crippen LogP contribution >= 0.6 is 46.6 Å². The molecule has 0 fully saturated rings. The molecule has 1 aromatic heterocycles. The summed E-state index contributed by atoms with van der Waals surface area (Å²) in [6, 6.07) is 3.26. The molecule has 1 heterocycles. The van der Waals surface area contributed by atoms with E-state index in [2.05, 4.69) is 15.5 Å². The third-order valence-corrected chi connectivity index (χ3v) is 4.47. The smallest absolute Gasteiger partial charge is 0.234 e. The Morgan fingerprint density at radius 2 is 1.95 bits per heavy atom. The van der Waals surface area contributed by atoms with Crippen LogP contribution in [0.15, 0.2) is 23.6 Å². The number of nitrogens with zero attached hydrogens (tertiary/aromatic N) is 3. The lowest BCUT2D eigenvalue weighted by Crippen LogP contribution is -2.15. The number of carbonyl (C=O) groups is 1. The first-order chi connectivity index (χ1) is 10.4. The largest absolute Gasteiger partial charge is 0.323 e. The number of rotatable bonds is 5. The van der Waals surface area contributed by atoms with Crippen molar-refractivity contribution in [1.29, 1.82) is 0 Å². The lowest BCUT2D eigenvalue weighted by atomic mass is 10.3. The summed E-state index contributed by atoms with van der Waals surface area (Å²) in [6.45, 7) is 4.03. The van der Waals surface area contributed by atoms with Gasteiger partial charge in [0.2, 0.25) is 5.91 Å². The molecule has 2 aromatic rings. The van der Waals surface area contributed by atoms with E-state index in [1.54, 1.807) is 6.33 Å². The fourth-order valence-corrected chi connectivity index (χ4v) is 3.41. The summed E-state index contributed by atoms with van der Waals surface area (Å²) in [5.74, 6) is -0.0739. The summed E-state index contributed by atoms with van der Waals surface area (Å²) in [7, 11) is 0. The van der Waals surface area contributed by atoms with Crippen LogP contribution in [0.1, 0.15) is 19.9 Å². The zero-order valence-electron chi connectivity index (χ0n) is 11.8. The molecule has 1 amide bonds. The summed E-state index contributed by atoms with van der Waals surface area (Å²) >= 11 is 19.2. The number of halogens is 3. The molecule has 0 bridgehead atoms. The number of hydrogen-bond donors (Lipinski definition) is 1. The van der Waals surface area contributed by atoms with Gasteiger partial charge < -0.3 is 9.88 Å². The maximum absolute atomic E-state index is 12.0. The SMILES string of the molecule is CC(C)n1cnnc1SCC(=O)Nc1c(Cl)cc(Cl)cc1Cl. The minimum absolute atomic E-state index is 0.167. The van der Waals surface area contributed by atoms with E-state index >= 15 is 0 Å². The first kappa shape index (κ1) is 17.4. The molecule has 2 rings (SSSR count). The zero-order chi connectivity index (χ0) is 16.3. The van der Waals surface area contributed by atoms with Gasteiger partial charge >= 0.3 is 0 Å². The standard InChI is InChI=1S/C13H13Cl3N4OS/c1-7(2)20-6-17-19-13(20)22-5-11(21)18-12-9(15)3-8(14)4-10(12)16/h3-4,6-7H,5H2,1-2H3,(H,18,21). The molecule has 0 atom stereocenters. The highest BCUT2D eigenvalue weighted by Crippen LogP contribution is 2.33. The molecule has 118 valence electrons. The van der Waals surface area contributed by atoms with E-state index in [1.165, 1.54) is 23.9 Å². The van der Waals surface area contributed by atoms with Gasteiger partial charge in [0.15, 0.2) is 5.16 Å². The van der Waals surface area contributed by atoms with E-state index < -0.39 is 0 Å². The van der Waals surface area contributed by atoms with Crippen LogP contribution in [0, 0.1) is 0 Å². The second kappa shape index (κ2) is 7.55. The summed E-state index contributed by atoms with van der Waals surface area (Å²) in [4.78, 5) is 12.0. The van der Waals surface area contributed by atoms with Gasteiger partial charge in [-0.1, -0.05) is 46.6 Å². The number of carbonyl (C=O) groups excluding carboxylic acids is 1. The van der Waals surface area contributed by atoms with Gasteiger partial charge in [0.05, 0.1) is 21.5 Å². The van der Waals surface area contributed by atoms with Crippen molar-refractivity contribution < 1.29 is 4.79 Å². The Bertz CT molecular complexity index is 667. The van der Waals surface area contributed by atoms with Crippen LogP contribution in [-0.2, 0) is 4.79 Å². The number of hydrogen-bond acceptors (Lipinski definition) is 4. The topological polar surface area (TPSA) is 59.8 Å². The summed E-state index contributed by atoms with van der Waals surface area (Å²) < 4.78 is 1.89. The molecule has 5 nitrogen and oxygen atoms in total. The van der Waals surface area contributed by atoms with E-state index in [0.29, 0.717) is 25.9 Å². The van der Waals surface area contributed by atoms with E-state index in [4.69, 9.17) is 34.8 Å². The van der Waals surface area contributed by atoms with Crippen molar-refractivity contribution in [1.82, 2.24) is 14.8 Å². The van der Waals surface area contributed by atoms with Crippen molar-refractivity contribution in [2.45, 2.75) is 25.0 Å². The quantitative estimate of drug-likeness (QED) is 0.774. The Morgan fingerprint density at radius 1 is 1.32 bits per heavy atom. The normalized spacial score (nSPS) is 11.0. The maximum atomic E-state index is 12.0. The van der Waals surface area contributed by atoms with E-state index in [1.807, 2.05) is 18.4 Å². The molecule has 0 unspecified atom stereocenters. The van der Waals surface area contributed by atoms with Gasteiger partial charge in [-0.2, -0.15) is 0 Å². The van der Waals surface area contributed by atoms with Crippen LogP contribution in [0.25, 0.3) is 0 Å². The average Bonchev–Trinajstić information content (AvgIpc) is 2.89. The number of nitrogens with one attached hydrogen (secondary N) is 1. The first-order valence-electron chi connectivity index (χ1n) is 6.35. The van der Waals surface area contributed by atoms with Gasteiger partial charge in [0.25, 0.3) is 0 Å². The fraction of sp³-hybridized carbons (Fsp3) is 0.308. The molecule has 0 aliphatic heterocycles. The van der Waals surface area contributed by atoms with Crippen LogP contribution in [-0.4, -0.2) is 26.4 Å². The Balaban J connectivity index is 2.01. The van der Waals surface area contributed by atoms with Gasteiger partial charge in [0, 0.05) is 11.1 Å². The van der Waals surface area contributed by atoms with Crippen molar-refractivity contribution in [3.8, 4) is 0 Å². The minimum Gasteiger partial charge on any atom is -0.323 e. The molecule has 9 heteroatoms. The number of aromatic nitrogens is 3. The number of benzene rings is 1. The van der Waals surface area contributed by atoms with Gasteiger partial charge in [-0.25, -0.2) is 0 Å². The first-order valence-corrected chi connectivity index (χ1v) is 8.47. The predicted molar refractivity (Wildman–Crippen MR) is 91.2 cm³/mol. The molecule has 0 radical (unpaired) electrons. The number of anilines is 1. The fourth-order valence-electron chi connectivity index (χ4n) is 1.66. The van der Waals surface area contributed by atoms with Crippen molar-refractivity contribution in [3.05, 3.63) is 33.5 Å². The van der Waals surface area contributed by atoms with E-state index in [-0.39, 0.29) is 17.7 Å². The van der Waals surface area contributed by atoms with E-state index in [0.717, 1.165) is 0 Å². The lowest BCUT2D eigenvalue weighted by Gasteiger charge is -2.11. The minimum atomic E-state index is -0.241. The molecule has 0 aliphatic rings. The van der Waals surface area contributed by atoms with Crippen molar-refractivity contribution >= 4 is 58.2 Å². The lowest BCUT2D eigenvalue weighted by molar-refractivity contribution is -0.113. The molecule has 0 aliphatic carbocycles. The third kappa shape index (κ3) is 4.29. The highest BCUT2D eigenvalue weighted by Gasteiger charge is 2.14. The van der Waals surface area contributed by atoms with Gasteiger partial charge in [-0.3, -0.25) is 4.79 Å². The second-order valence-electron chi connectivity index (χ2n) is 4.70.